The Morgan fingerprint density at radius 3 is 2.52 bits per heavy atom. The highest BCUT2D eigenvalue weighted by molar-refractivity contribution is 6.30. The van der Waals surface area contributed by atoms with Gasteiger partial charge in [-0.1, -0.05) is 11.6 Å². The molecule has 27 heavy (non-hydrogen) atoms. The Labute approximate surface area is 161 Å². The second kappa shape index (κ2) is 6.96. The van der Waals surface area contributed by atoms with E-state index in [4.69, 9.17) is 11.6 Å². The largest absolute Gasteiger partial charge is 0.339 e. The average Bonchev–Trinajstić information content (AvgIpc) is 3.26. The van der Waals surface area contributed by atoms with Crippen molar-refractivity contribution >= 4 is 23.4 Å². The van der Waals surface area contributed by atoms with Gasteiger partial charge >= 0.3 is 0 Å². The van der Waals surface area contributed by atoms with Crippen molar-refractivity contribution in [3.8, 4) is 5.69 Å². The van der Waals surface area contributed by atoms with E-state index in [1.807, 2.05) is 0 Å². The van der Waals surface area contributed by atoms with Crippen LogP contribution in [0.25, 0.3) is 5.69 Å². The second-order valence-corrected chi connectivity index (χ2v) is 7.37. The van der Waals surface area contributed by atoms with E-state index in [9.17, 15) is 14.0 Å². The van der Waals surface area contributed by atoms with Crippen molar-refractivity contribution in [3.63, 3.8) is 0 Å². The first-order chi connectivity index (χ1) is 13.0. The van der Waals surface area contributed by atoms with Crippen molar-refractivity contribution in [1.29, 1.82) is 0 Å². The molecule has 2 amide bonds. The standard InChI is InChI=1S/C19H20ClFN4O2/c1-12(26)23-7-9-24(10-8-23)19(27)18-14-3-2-4-16(14)25(22-18)17-11-13(20)5-6-15(17)21/h5-6,11H,2-4,7-10H2,1H3. The molecule has 0 saturated carbocycles. The fourth-order valence-corrected chi connectivity index (χ4v) is 4.00. The highest BCUT2D eigenvalue weighted by atomic mass is 35.5. The molecular weight excluding hydrogens is 371 g/mol. The van der Waals surface area contributed by atoms with Gasteiger partial charge in [0, 0.05) is 49.4 Å². The number of fused-ring (bicyclic) bond motifs is 1. The van der Waals surface area contributed by atoms with Gasteiger partial charge in [-0.3, -0.25) is 9.59 Å². The van der Waals surface area contributed by atoms with Gasteiger partial charge in [0.1, 0.15) is 11.5 Å². The second-order valence-electron chi connectivity index (χ2n) is 6.93. The molecule has 6 nitrogen and oxygen atoms in total. The van der Waals surface area contributed by atoms with E-state index in [0.717, 1.165) is 30.5 Å². The van der Waals surface area contributed by atoms with Crippen LogP contribution in [0, 0.1) is 5.82 Å². The highest BCUT2D eigenvalue weighted by Crippen LogP contribution is 2.30. The van der Waals surface area contributed by atoms with E-state index in [2.05, 4.69) is 5.10 Å². The summed E-state index contributed by atoms with van der Waals surface area (Å²) in [5.41, 5.74) is 2.43. The number of rotatable bonds is 2. The molecule has 142 valence electrons. The third-order valence-corrected chi connectivity index (χ3v) is 5.52. The fraction of sp³-hybridized carbons (Fsp3) is 0.421. The zero-order valence-electron chi connectivity index (χ0n) is 15.0. The number of aromatic nitrogens is 2. The molecule has 8 heteroatoms. The summed E-state index contributed by atoms with van der Waals surface area (Å²) in [6.07, 6.45) is 2.42. The minimum atomic E-state index is -0.425. The van der Waals surface area contributed by atoms with Gasteiger partial charge in [-0.15, -0.1) is 0 Å². The number of carbonyl (C=O) groups excluding carboxylic acids is 2. The Balaban J connectivity index is 1.66. The Bertz CT molecular complexity index is 919. The zero-order chi connectivity index (χ0) is 19.1. The first-order valence-electron chi connectivity index (χ1n) is 9.06. The molecule has 1 fully saturated rings. The lowest BCUT2D eigenvalue weighted by Gasteiger charge is -2.33. The number of amides is 2. The van der Waals surface area contributed by atoms with E-state index in [0.29, 0.717) is 36.9 Å². The molecule has 0 radical (unpaired) electrons. The Hall–Kier alpha value is -2.41. The van der Waals surface area contributed by atoms with Crippen LogP contribution in [0.2, 0.25) is 5.02 Å². The monoisotopic (exact) mass is 390 g/mol. The lowest BCUT2D eigenvalue weighted by molar-refractivity contribution is -0.130. The number of benzene rings is 1. The van der Waals surface area contributed by atoms with Crippen LogP contribution >= 0.6 is 11.6 Å². The van der Waals surface area contributed by atoms with E-state index in [1.165, 1.54) is 29.8 Å². The molecule has 0 N–H and O–H groups in total. The number of piperazine rings is 1. The van der Waals surface area contributed by atoms with E-state index >= 15 is 0 Å². The van der Waals surface area contributed by atoms with Crippen LogP contribution in [-0.2, 0) is 17.6 Å². The summed E-state index contributed by atoms with van der Waals surface area (Å²) < 4.78 is 15.9. The molecule has 0 bridgehead atoms. The van der Waals surface area contributed by atoms with Crippen LogP contribution < -0.4 is 0 Å². The highest BCUT2D eigenvalue weighted by Gasteiger charge is 2.31. The summed E-state index contributed by atoms with van der Waals surface area (Å²) in [5, 5.41) is 4.90. The summed E-state index contributed by atoms with van der Waals surface area (Å²) in [6.45, 7) is 3.53. The SMILES string of the molecule is CC(=O)N1CCN(C(=O)c2nn(-c3cc(Cl)ccc3F)c3c2CCC3)CC1. The maximum atomic E-state index is 14.4. The summed E-state index contributed by atoms with van der Waals surface area (Å²) in [5.74, 6) is -0.563. The third kappa shape index (κ3) is 3.20. The van der Waals surface area contributed by atoms with Crippen molar-refractivity contribution in [1.82, 2.24) is 19.6 Å². The van der Waals surface area contributed by atoms with Crippen molar-refractivity contribution in [3.05, 3.63) is 46.0 Å². The molecule has 1 aliphatic heterocycles. The van der Waals surface area contributed by atoms with Gasteiger partial charge in [0.2, 0.25) is 5.91 Å². The topological polar surface area (TPSA) is 58.4 Å². The van der Waals surface area contributed by atoms with Crippen LogP contribution in [0.4, 0.5) is 4.39 Å². The van der Waals surface area contributed by atoms with Gasteiger partial charge < -0.3 is 9.80 Å². The summed E-state index contributed by atoms with van der Waals surface area (Å²) in [4.78, 5) is 28.0. The Morgan fingerprint density at radius 2 is 1.81 bits per heavy atom. The van der Waals surface area contributed by atoms with E-state index in [1.54, 1.807) is 9.80 Å². The van der Waals surface area contributed by atoms with Gasteiger partial charge in [0.05, 0.1) is 0 Å². The molecule has 0 spiro atoms. The molecule has 1 aromatic heterocycles. The number of nitrogens with zero attached hydrogens (tertiary/aromatic N) is 4. The van der Waals surface area contributed by atoms with Gasteiger partial charge in [-0.05, 0) is 37.5 Å². The molecule has 2 aliphatic rings. The molecule has 4 rings (SSSR count). The van der Waals surface area contributed by atoms with Gasteiger partial charge in [0.25, 0.3) is 5.91 Å². The lowest BCUT2D eigenvalue weighted by atomic mass is 10.1. The Kier molecular flexibility index (Phi) is 4.63. The maximum Gasteiger partial charge on any atom is 0.274 e. The van der Waals surface area contributed by atoms with Crippen LogP contribution in [0.3, 0.4) is 0 Å². The van der Waals surface area contributed by atoms with Crippen molar-refractivity contribution in [2.75, 3.05) is 26.2 Å². The Morgan fingerprint density at radius 1 is 1.11 bits per heavy atom. The lowest BCUT2D eigenvalue weighted by Crippen LogP contribution is -2.50. The van der Waals surface area contributed by atoms with Gasteiger partial charge in [-0.25, -0.2) is 9.07 Å². The number of carbonyl (C=O) groups is 2. The smallest absolute Gasteiger partial charge is 0.274 e. The molecule has 0 atom stereocenters. The van der Waals surface area contributed by atoms with Gasteiger partial charge in [0.15, 0.2) is 5.69 Å². The first-order valence-corrected chi connectivity index (χ1v) is 9.44. The maximum absolute atomic E-state index is 14.4. The first kappa shape index (κ1) is 18.0. The van der Waals surface area contributed by atoms with E-state index < -0.39 is 5.82 Å². The minimum Gasteiger partial charge on any atom is -0.339 e. The fourth-order valence-electron chi connectivity index (χ4n) is 3.83. The van der Waals surface area contributed by atoms with E-state index in [-0.39, 0.29) is 17.5 Å². The summed E-state index contributed by atoms with van der Waals surface area (Å²) >= 11 is 6.03. The summed E-state index contributed by atoms with van der Waals surface area (Å²) in [7, 11) is 0. The van der Waals surface area contributed by atoms with Crippen LogP contribution in [0.5, 0.6) is 0 Å². The van der Waals surface area contributed by atoms with Crippen molar-refractivity contribution < 1.29 is 14.0 Å². The van der Waals surface area contributed by atoms with Crippen molar-refractivity contribution in [2.24, 2.45) is 0 Å². The van der Waals surface area contributed by atoms with Crippen LogP contribution in [0.15, 0.2) is 18.2 Å². The minimum absolute atomic E-state index is 0.0173. The zero-order valence-corrected chi connectivity index (χ0v) is 15.8. The quantitative estimate of drug-likeness (QED) is 0.791. The molecule has 1 saturated heterocycles. The third-order valence-electron chi connectivity index (χ3n) is 5.28. The number of halogens is 2. The molecule has 2 heterocycles. The molecule has 2 aromatic rings. The summed E-state index contributed by atoms with van der Waals surface area (Å²) in [6, 6.07) is 4.33. The molecule has 0 unspecified atom stereocenters. The average molecular weight is 391 g/mol. The molecule has 1 aromatic carbocycles. The van der Waals surface area contributed by atoms with Crippen LogP contribution in [0.1, 0.15) is 35.1 Å². The number of hydrogen-bond acceptors (Lipinski definition) is 3. The molecule has 1 aliphatic carbocycles. The predicted molar refractivity (Wildman–Crippen MR) is 98.7 cm³/mol. The normalized spacial score (nSPS) is 16.6. The predicted octanol–water partition coefficient (Wildman–Crippen LogP) is 2.46. The molecular formula is C19H20ClFN4O2. The van der Waals surface area contributed by atoms with Crippen LogP contribution in [-0.4, -0.2) is 57.6 Å². The van der Waals surface area contributed by atoms with Crippen molar-refractivity contribution in [2.45, 2.75) is 26.2 Å². The number of hydrogen-bond donors (Lipinski definition) is 0. The van der Waals surface area contributed by atoms with Gasteiger partial charge in [-0.2, -0.15) is 5.10 Å².